The van der Waals surface area contributed by atoms with Gasteiger partial charge in [0.2, 0.25) is 0 Å². The number of benzene rings is 1. The Bertz CT molecular complexity index is 409. The molecule has 4 heteroatoms. The summed E-state index contributed by atoms with van der Waals surface area (Å²) in [7, 11) is 1.53. The average Bonchev–Trinajstić information content (AvgIpc) is 2.27. The first-order valence-electron chi connectivity index (χ1n) is 4.77. The lowest BCUT2D eigenvalue weighted by Crippen LogP contribution is -2.02. The van der Waals surface area contributed by atoms with Crippen LogP contribution in [0.25, 0.3) is 0 Å². The van der Waals surface area contributed by atoms with Crippen LogP contribution in [0.15, 0.2) is 35.9 Å². The molecule has 0 amide bonds. The highest BCUT2D eigenvalue weighted by Gasteiger charge is 2.11. The Morgan fingerprint density at radius 1 is 1.50 bits per heavy atom. The van der Waals surface area contributed by atoms with Crippen molar-refractivity contribution in [1.82, 2.24) is 0 Å². The van der Waals surface area contributed by atoms with Crippen molar-refractivity contribution in [3.05, 3.63) is 41.5 Å². The number of carboxylic acids is 1. The Morgan fingerprint density at radius 2 is 2.19 bits per heavy atom. The molecule has 4 nitrogen and oxygen atoms in total. The van der Waals surface area contributed by atoms with Crippen molar-refractivity contribution < 1.29 is 19.7 Å². The molecule has 0 aliphatic carbocycles. The summed E-state index contributed by atoms with van der Waals surface area (Å²) in [6, 6.07) is 6.88. The quantitative estimate of drug-likeness (QED) is 0.762. The number of aliphatic hydroxyl groups excluding tert-OH is 1. The van der Waals surface area contributed by atoms with Gasteiger partial charge in [-0.1, -0.05) is 12.1 Å². The van der Waals surface area contributed by atoms with Crippen LogP contribution < -0.4 is 4.74 Å². The van der Waals surface area contributed by atoms with Gasteiger partial charge in [-0.15, -0.1) is 0 Å². The van der Waals surface area contributed by atoms with Crippen LogP contribution in [0.2, 0.25) is 0 Å². The van der Waals surface area contributed by atoms with Gasteiger partial charge >= 0.3 is 5.97 Å². The Morgan fingerprint density at radius 3 is 2.75 bits per heavy atom. The lowest BCUT2D eigenvalue weighted by molar-refractivity contribution is -0.131. The van der Waals surface area contributed by atoms with Crippen LogP contribution in [0.4, 0.5) is 0 Å². The van der Waals surface area contributed by atoms with E-state index < -0.39 is 12.1 Å². The Hall–Kier alpha value is -1.81. The summed E-state index contributed by atoms with van der Waals surface area (Å²) in [4.78, 5) is 10.5. The van der Waals surface area contributed by atoms with Gasteiger partial charge in [0.15, 0.2) is 0 Å². The molecule has 0 saturated carbocycles. The molecule has 0 aromatic heterocycles. The molecule has 0 aliphatic heterocycles. The molecule has 1 aromatic carbocycles. The van der Waals surface area contributed by atoms with Crippen LogP contribution in [-0.4, -0.2) is 23.3 Å². The Labute approximate surface area is 93.8 Å². The number of methoxy groups -OCH3 is 1. The molecule has 1 rings (SSSR count). The van der Waals surface area contributed by atoms with Gasteiger partial charge in [0.25, 0.3) is 0 Å². The fraction of sp³-hybridized carbons (Fsp3) is 0.250. The molecule has 0 fully saturated rings. The van der Waals surface area contributed by atoms with E-state index in [9.17, 15) is 9.90 Å². The summed E-state index contributed by atoms with van der Waals surface area (Å²) in [5.74, 6) is -0.445. The highest BCUT2D eigenvalue weighted by Crippen LogP contribution is 2.24. The number of aliphatic hydroxyl groups is 1. The second kappa shape index (κ2) is 5.32. The molecule has 1 aromatic rings. The van der Waals surface area contributed by atoms with E-state index >= 15 is 0 Å². The van der Waals surface area contributed by atoms with E-state index in [0.717, 1.165) is 6.08 Å². The van der Waals surface area contributed by atoms with E-state index in [2.05, 4.69) is 0 Å². The maximum Gasteiger partial charge on any atom is 0.328 e. The zero-order chi connectivity index (χ0) is 12.1. The third-order valence-corrected chi connectivity index (χ3v) is 2.19. The van der Waals surface area contributed by atoms with Gasteiger partial charge in [-0.3, -0.25) is 0 Å². The van der Waals surface area contributed by atoms with Crippen LogP contribution in [0.5, 0.6) is 5.75 Å². The lowest BCUT2D eigenvalue weighted by atomic mass is 10.0. The molecule has 1 atom stereocenters. The summed E-state index contributed by atoms with van der Waals surface area (Å²) in [6.45, 7) is 1.57. The molecule has 0 saturated heterocycles. The SMILES string of the molecule is COc1cccc(C(O)C(C)=CC(=O)O)c1. The molecule has 0 bridgehead atoms. The average molecular weight is 222 g/mol. The molecule has 2 N–H and O–H groups in total. The van der Waals surface area contributed by atoms with Gasteiger partial charge in [-0.2, -0.15) is 0 Å². The standard InChI is InChI=1S/C12H14O4/c1-8(6-11(13)14)12(15)9-4-3-5-10(7-9)16-2/h3-7,12,15H,1-2H3,(H,13,14). The minimum absolute atomic E-state index is 0.376. The third-order valence-electron chi connectivity index (χ3n) is 2.19. The van der Waals surface area contributed by atoms with Crippen molar-refractivity contribution in [1.29, 1.82) is 0 Å². The van der Waals surface area contributed by atoms with Crippen LogP contribution in [0.3, 0.4) is 0 Å². The monoisotopic (exact) mass is 222 g/mol. The molecule has 0 radical (unpaired) electrons. The minimum Gasteiger partial charge on any atom is -0.497 e. The number of carbonyl (C=O) groups is 1. The number of hydrogen-bond acceptors (Lipinski definition) is 3. The molecule has 0 aliphatic rings. The van der Waals surface area contributed by atoms with Crippen molar-refractivity contribution in [3.63, 3.8) is 0 Å². The summed E-state index contributed by atoms with van der Waals surface area (Å²) >= 11 is 0. The summed E-state index contributed by atoms with van der Waals surface area (Å²) < 4.78 is 5.02. The van der Waals surface area contributed by atoms with Gasteiger partial charge in [-0.25, -0.2) is 4.79 Å². The van der Waals surface area contributed by atoms with Crippen molar-refractivity contribution in [3.8, 4) is 5.75 Å². The summed E-state index contributed by atoms with van der Waals surface area (Å²) in [5.41, 5.74) is 0.982. The molecule has 1 unspecified atom stereocenters. The predicted octanol–water partition coefficient (Wildman–Crippen LogP) is 1.76. The number of hydrogen-bond donors (Lipinski definition) is 2. The van der Waals surface area contributed by atoms with E-state index in [-0.39, 0.29) is 0 Å². The normalized spacial score (nSPS) is 13.3. The number of carboxylic acid groups (broad SMARTS) is 1. The van der Waals surface area contributed by atoms with Gasteiger partial charge in [0.1, 0.15) is 11.9 Å². The molecular formula is C12H14O4. The second-order valence-electron chi connectivity index (χ2n) is 3.41. The van der Waals surface area contributed by atoms with Gasteiger partial charge in [0.05, 0.1) is 7.11 Å². The fourth-order valence-corrected chi connectivity index (χ4v) is 1.35. The van der Waals surface area contributed by atoms with Gasteiger partial charge in [-0.05, 0) is 30.2 Å². The summed E-state index contributed by atoms with van der Waals surface area (Å²) in [6.07, 6.45) is 0.0654. The molecule has 0 heterocycles. The van der Waals surface area contributed by atoms with Gasteiger partial charge < -0.3 is 14.9 Å². The smallest absolute Gasteiger partial charge is 0.328 e. The molecule has 0 spiro atoms. The van der Waals surface area contributed by atoms with Crippen molar-refractivity contribution in [2.24, 2.45) is 0 Å². The van der Waals surface area contributed by atoms with E-state index in [1.54, 1.807) is 31.2 Å². The van der Waals surface area contributed by atoms with E-state index in [4.69, 9.17) is 9.84 Å². The predicted molar refractivity (Wildman–Crippen MR) is 59.3 cm³/mol. The number of aliphatic carboxylic acids is 1. The van der Waals surface area contributed by atoms with E-state index in [1.807, 2.05) is 0 Å². The highest BCUT2D eigenvalue weighted by atomic mass is 16.5. The van der Waals surface area contributed by atoms with E-state index in [1.165, 1.54) is 7.11 Å². The van der Waals surface area contributed by atoms with Crippen LogP contribution in [0, 0.1) is 0 Å². The van der Waals surface area contributed by atoms with Crippen molar-refractivity contribution >= 4 is 5.97 Å². The maximum atomic E-state index is 10.5. The Kier molecular flexibility index (Phi) is 4.08. The van der Waals surface area contributed by atoms with Crippen LogP contribution >= 0.6 is 0 Å². The molecule has 86 valence electrons. The number of rotatable bonds is 4. The Balaban J connectivity index is 2.95. The first-order chi connectivity index (χ1) is 7.54. The highest BCUT2D eigenvalue weighted by molar-refractivity contribution is 5.80. The summed E-state index contributed by atoms with van der Waals surface area (Å²) in [5, 5.41) is 18.4. The zero-order valence-corrected chi connectivity index (χ0v) is 9.18. The largest absolute Gasteiger partial charge is 0.497 e. The zero-order valence-electron chi connectivity index (χ0n) is 9.18. The first kappa shape index (κ1) is 12.3. The van der Waals surface area contributed by atoms with Crippen LogP contribution in [-0.2, 0) is 4.79 Å². The number of ether oxygens (including phenoxy) is 1. The second-order valence-corrected chi connectivity index (χ2v) is 3.41. The third kappa shape index (κ3) is 3.10. The minimum atomic E-state index is -1.07. The van der Waals surface area contributed by atoms with Gasteiger partial charge in [0, 0.05) is 6.08 Å². The topological polar surface area (TPSA) is 66.8 Å². The van der Waals surface area contributed by atoms with Crippen molar-refractivity contribution in [2.75, 3.05) is 7.11 Å². The van der Waals surface area contributed by atoms with Crippen molar-refractivity contribution in [2.45, 2.75) is 13.0 Å². The van der Waals surface area contributed by atoms with E-state index in [0.29, 0.717) is 16.9 Å². The fourth-order valence-electron chi connectivity index (χ4n) is 1.35. The maximum absolute atomic E-state index is 10.5. The molecule has 16 heavy (non-hydrogen) atoms. The molecular weight excluding hydrogens is 208 g/mol. The van der Waals surface area contributed by atoms with Crippen LogP contribution in [0.1, 0.15) is 18.6 Å². The lowest BCUT2D eigenvalue weighted by Gasteiger charge is -2.12. The first-order valence-corrected chi connectivity index (χ1v) is 4.77.